The summed E-state index contributed by atoms with van der Waals surface area (Å²) in [4.78, 5) is 3.98. The molecular weight excluding hydrogens is 156 g/mol. The van der Waals surface area contributed by atoms with Gasteiger partial charge in [-0.25, -0.2) is 4.68 Å². The van der Waals surface area contributed by atoms with Gasteiger partial charge in [-0.1, -0.05) is 0 Å². The molecule has 0 spiro atoms. The molecule has 0 saturated carbocycles. The Bertz CT molecular complexity index is 342. The molecule has 2 N–H and O–H groups in total. The Hall–Kier alpha value is -1.36. The van der Waals surface area contributed by atoms with Gasteiger partial charge in [0.05, 0.1) is 18.4 Å². The molecule has 0 aliphatic rings. The lowest BCUT2D eigenvalue weighted by Crippen LogP contribution is -2.39. The topological polar surface area (TPSA) is 65.1 Å². The Morgan fingerprint density at radius 2 is 2.17 bits per heavy atom. The standard InChI is InChI=1S/C7H12N4O/c1-5-4-9-6(2)7(8)11(5)10(3)12/h4,8,12H,1-3H3. The Morgan fingerprint density at radius 1 is 1.58 bits per heavy atom. The lowest BCUT2D eigenvalue weighted by Gasteiger charge is -2.17. The minimum atomic E-state index is 0.194. The van der Waals surface area contributed by atoms with Crippen molar-refractivity contribution in [2.24, 2.45) is 0 Å². The van der Waals surface area contributed by atoms with Crippen LogP contribution in [0.3, 0.4) is 0 Å². The molecular formula is C7H12N4O. The van der Waals surface area contributed by atoms with Crippen molar-refractivity contribution in [1.82, 2.24) is 9.66 Å². The van der Waals surface area contributed by atoms with Crippen molar-refractivity contribution in [3.63, 3.8) is 0 Å². The fraction of sp³-hybridized carbons (Fsp3) is 0.429. The minimum Gasteiger partial charge on any atom is -0.281 e. The fourth-order valence-electron chi connectivity index (χ4n) is 1.01. The second-order valence-electron chi connectivity index (χ2n) is 2.63. The van der Waals surface area contributed by atoms with Gasteiger partial charge >= 0.3 is 0 Å². The van der Waals surface area contributed by atoms with Crippen LogP contribution in [0.15, 0.2) is 6.20 Å². The minimum absolute atomic E-state index is 0.194. The smallest absolute Gasteiger partial charge is 0.167 e. The van der Waals surface area contributed by atoms with Gasteiger partial charge in [-0.15, -0.1) is 0 Å². The van der Waals surface area contributed by atoms with Gasteiger partial charge in [-0.3, -0.25) is 15.6 Å². The van der Waals surface area contributed by atoms with Crippen LogP contribution in [0, 0.1) is 19.3 Å². The van der Waals surface area contributed by atoms with Crippen molar-refractivity contribution < 1.29 is 5.21 Å². The van der Waals surface area contributed by atoms with Crippen molar-refractivity contribution in [1.29, 1.82) is 5.41 Å². The highest BCUT2D eigenvalue weighted by molar-refractivity contribution is 5.02. The second kappa shape index (κ2) is 2.94. The maximum atomic E-state index is 9.16. The molecule has 0 aromatic carbocycles. The summed E-state index contributed by atoms with van der Waals surface area (Å²) >= 11 is 0. The summed E-state index contributed by atoms with van der Waals surface area (Å²) in [5.74, 6) is 0. The number of nitrogens with one attached hydrogen (secondary N) is 1. The highest BCUT2D eigenvalue weighted by Crippen LogP contribution is 1.91. The molecule has 5 heteroatoms. The lowest BCUT2D eigenvalue weighted by atomic mass is 10.4. The Balaban J connectivity index is 3.44. The molecule has 1 aromatic rings. The molecule has 0 saturated heterocycles. The first-order valence-corrected chi connectivity index (χ1v) is 3.56. The van der Waals surface area contributed by atoms with Crippen molar-refractivity contribution in [3.05, 3.63) is 23.1 Å². The average Bonchev–Trinajstić information content (AvgIpc) is 1.97. The number of aromatic nitrogens is 2. The number of rotatable bonds is 1. The summed E-state index contributed by atoms with van der Waals surface area (Å²) in [5.41, 5.74) is 1.50. The maximum Gasteiger partial charge on any atom is 0.167 e. The molecule has 0 radical (unpaired) electrons. The summed E-state index contributed by atoms with van der Waals surface area (Å²) in [5, 5.41) is 17.6. The zero-order valence-corrected chi connectivity index (χ0v) is 7.37. The third-order valence-corrected chi connectivity index (χ3v) is 1.62. The van der Waals surface area contributed by atoms with Gasteiger partial charge in [0, 0.05) is 6.20 Å². The molecule has 1 heterocycles. The van der Waals surface area contributed by atoms with Crippen LogP contribution in [0.5, 0.6) is 0 Å². The predicted molar refractivity (Wildman–Crippen MR) is 43.5 cm³/mol. The van der Waals surface area contributed by atoms with Crippen LogP contribution in [0.25, 0.3) is 0 Å². The molecule has 0 atom stereocenters. The van der Waals surface area contributed by atoms with E-state index in [0.717, 1.165) is 10.9 Å². The molecule has 0 aliphatic heterocycles. The Kier molecular flexibility index (Phi) is 2.14. The molecule has 0 unspecified atom stereocenters. The van der Waals surface area contributed by atoms with Crippen LogP contribution in [-0.2, 0) is 0 Å². The zero-order chi connectivity index (χ0) is 9.30. The zero-order valence-electron chi connectivity index (χ0n) is 7.37. The maximum absolute atomic E-state index is 9.16. The van der Waals surface area contributed by atoms with Gasteiger partial charge in [-0.05, 0) is 13.8 Å². The number of nitrogens with zero attached hydrogens (tertiary/aromatic N) is 3. The first-order valence-electron chi connectivity index (χ1n) is 3.56. The largest absolute Gasteiger partial charge is 0.281 e. The monoisotopic (exact) mass is 168 g/mol. The molecule has 0 bridgehead atoms. The molecule has 0 amide bonds. The summed E-state index contributed by atoms with van der Waals surface area (Å²) in [7, 11) is 1.46. The van der Waals surface area contributed by atoms with E-state index in [9.17, 15) is 0 Å². The number of aryl methyl sites for hydroxylation is 2. The third-order valence-electron chi connectivity index (χ3n) is 1.62. The molecule has 0 aliphatic carbocycles. The van der Waals surface area contributed by atoms with Crippen LogP contribution < -0.4 is 10.7 Å². The Labute approximate surface area is 70.3 Å². The third kappa shape index (κ3) is 1.31. The van der Waals surface area contributed by atoms with E-state index in [-0.39, 0.29) is 5.49 Å². The van der Waals surface area contributed by atoms with E-state index in [0.29, 0.717) is 5.69 Å². The van der Waals surface area contributed by atoms with Crippen LogP contribution in [0.2, 0.25) is 0 Å². The first-order chi connectivity index (χ1) is 5.54. The van der Waals surface area contributed by atoms with Crippen LogP contribution in [0.1, 0.15) is 11.4 Å². The van der Waals surface area contributed by atoms with E-state index in [1.54, 1.807) is 20.0 Å². The number of hydrogen-bond acceptors (Lipinski definition) is 4. The average molecular weight is 168 g/mol. The van der Waals surface area contributed by atoms with Crippen molar-refractivity contribution in [3.8, 4) is 0 Å². The van der Waals surface area contributed by atoms with E-state index >= 15 is 0 Å². The van der Waals surface area contributed by atoms with Gasteiger partial charge in [0.2, 0.25) is 0 Å². The van der Waals surface area contributed by atoms with E-state index in [4.69, 9.17) is 10.6 Å². The quantitative estimate of drug-likeness (QED) is 0.577. The van der Waals surface area contributed by atoms with Crippen LogP contribution >= 0.6 is 0 Å². The fourth-order valence-corrected chi connectivity index (χ4v) is 1.01. The van der Waals surface area contributed by atoms with E-state index < -0.39 is 0 Å². The molecule has 1 rings (SSSR count). The normalized spacial score (nSPS) is 10.0. The predicted octanol–water partition coefficient (Wildman–Crippen LogP) is -0.0636. The summed E-state index contributed by atoms with van der Waals surface area (Å²) in [6.07, 6.45) is 1.61. The highest BCUT2D eigenvalue weighted by Gasteiger charge is 2.02. The molecule has 0 fully saturated rings. The van der Waals surface area contributed by atoms with Gasteiger partial charge in [0.15, 0.2) is 5.49 Å². The van der Waals surface area contributed by atoms with Gasteiger partial charge in [0.1, 0.15) is 0 Å². The van der Waals surface area contributed by atoms with Crippen LogP contribution in [0.4, 0.5) is 0 Å². The molecule has 5 nitrogen and oxygen atoms in total. The molecule has 1 aromatic heterocycles. The second-order valence-corrected chi connectivity index (χ2v) is 2.63. The number of hydroxylamine groups is 1. The summed E-state index contributed by atoms with van der Waals surface area (Å²) < 4.78 is 1.36. The van der Waals surface area contributed by atoms with Crippen molar-refractivity contribution >= 4 is 0 Å². The molecule has 66 valence electrons. The van der Waals surface area contributed by atoms with E-state index in [1.807, 2.05) is 0 Å². The van der Waals surface area contributed by atoms with E-state index in [1.165, 1.54) is 11.7 Å². The summed E-state index contributed by atoms with van der Waals surface area (Å²) in [6, 6.07) is 0. The van der Waals surface area contributed by atoms with Crippen LogP contribution in [-0.4, -0.2) is 21.9 Å². The Morgan fingerprint density at radius 3 is 2.58 bits per heavy atom. The highest BCUT2D eigenvalue weighted by atomic mass is 16.5. The van der Waals surface area contributed by atoms with Gasteiger partial charge in [-0.2, -0.15) is 5.17 Å². The lowest BCUT2D eigenvalue weighted by molar-refractivity contribution is 0.186. The van der Waals surface area contributed by atoms with E-state index in [2.05, 4.69) is 4.98 Å². The van der Waals surface area contributed by atoms with Gasteiger partial charge in [0.25, 0.3) is 0 Å². The number of hydrogen-bond donors (Lipinski definition) is 2. The first kappa shape index (κ1) is 8.73. The van der Waals surface area contributed by atoms with Crippen molar-refractivity contribution in [2.45, 2.75) is 13.8 Å². The molecule has 12 heavy (non-hydrogen) atoms. The SMILES string of the molecule is Cc1ncc(C)n(N(C)O)c1=N. The van der Waals surface area contributed by atoms with Gasteiger partial charge < -0.3 is 0 Å². The van der Waals surface area contributed by atoms with Crippen molar-refractivity contribution in [2.75, 3.05) is 12.2 Å². The summed E-state index contributed by atoms with van der Waals surface area (Å²) in [6.45, 7) is 3.50.